The van der Waals surface area contributed by atoms with Gasteiger partial charge in [0.15, 0.2) is 0 Å². The lowest BCUT2D eigenvalue weighted by Gasteiger charge is -2.08. The molecule has 3 nitrogen and oxygen atoms in total. The van der Waals surface area contributed by atoms with Gasteiger partial charge in [-0.2, -0.15) is 11.3 Å². The van der Waals surface area contributed by atoms with Crippen molar-refractivity contribution in [1.82, 2.24) is 15.5 Å². The SMILES string of the molecule is CCCNC(C)c1nnc(-c2ccsc2)s1. The first-order valence-electron chi connectivity index (χ1n) is 5.40. The molecule has 0 radical (unpaired) electrons. The lowest BCUT2D eigenvalue weighted by molar-refractivity contribution is 0.564. The highest BCUT2D eigenvalue weighted by Crippen LogP contribution is 2.27. The number of rotatable bonds is 5. The molecule has 2 heterocycles. The van der Waals surface area contributed by atoms with E-state index in [-0.39, 0.29) is 0 Å². The molecule has 2 aromatic rings. The summed E-state index contributed by atoms with van der Waals surface area (Å²) in [6.07, 6.45) is 1.14. The highest BCUT2D eigenvalue weighted by Gasteiger charge is 2.12. The maximum atomic E-state index is 4.24. The first-order chi connectivity index (χ1) is 7.81. The van der Waals surface area contributed by atoms with Gasteiger partial charge in [-0.25, -0.2) is 0 Å². The number of nitrogens with zero attached hydrogens (tertiary/aromatic N) is 2. The smallest absolute Gasteiger partial charge is 0.148 e. The Morgan fingerprint density at radius 2 is 2.31 bits per heavy atom. The van der Waals surface area contributed by atoms with E-state index < -0.39 is 0 Å². The van der Waals surface area contributed by atoms with Crippen LogP contribution in [0.5, 0.6) is 0 Å². The normalized spacial score (nSPS) is 12.9. The van der Waals surface area contributed by atoms with Crippen LogP contribution in [0.4, 0.5) is 0 Å². The zero-order valence-corrected chi connectivity index (χ0v) is 11.1. The van der Waals surface area contributed by atoms with Gasteiger partial charge in [-0.1, -0.05) is 18.3 Å². The first kappa shape index (κ1) is 11.7. The van der Waals surface area contributed by atoms with E-state index in [4.69, 9.17) is 0 Å². The second-order valence-electron chi connectivity index (χ2n) is 3.63. The average molecular weight is 253 g/mol. The summed E-state index contributed by atoms with van der Waals surface area (Å²) < 4.78 is 0. The Bertz CT molecular complexity index is 422. The van der Waals surface area contributed by atoms with Crippen molar-refractivity contribution >= 4 is 22.7 Å². The number of hydrogen-bond donors (Lipinski definition) is 1. The molecule has 16 heavy (non-hydrogen) atoms. The molecule has 0 fully saturated rings. The minimum Gasteiger partial charge on any atom is -0.308 e. The van der Waals surface area contributed by atoms with Gasteiger partial charge in [-0.05, 0) is 31.3 Å². The first-order valence-corrected chi connectivity index (χ1v) is 7.16. The van der Waals surface area contributed by atoms with E-state index in [1.54, 1.807) is 22.7 Å². The summed E-state index contributed by atoms with van der Waals surface area (Å²) in [7, 11) is 0. The van der Waals surface area contributed by atoms with E-state index in [1.165, 1.54) is 5.56 Å². The Morgan fingerprint density at radius 1 is 1.44 bits per heavy atom. The van der Waals surface area contributed by atoms with Gasteiger partial charge in [-0.3, -0.25) is 0 Å². The zero-order valence-electron chi connectivity index (χ0n) is 9.43. The van der Waals surface area contributed by atoms with Crippen molar-refractivity contribution in [2.45, 2.75) is 26.3 Å². The number of aromatic nitrogens is 2. The van der Waals surface area contributed by atoms with Crippen LogP contribution in [0.15, 0.2) is 16.8 Å². The third-order valence-corrected chi connectivity index (χ3v) is 4.12. The summed E-state index contributed by atoms with van der Waals surface area (Å²) in [6.45, 7) is 5.32. The van der Waals surface area contributed by atoms with E-state index in [2.05, 4.69) is 46.2 Å². The van der Waals surface area contributed by atoms with Crippen molar-refractivity contribution in [3.05, 3.63) is 21.8 Å². The maximum Gasteiger partial charge on any atom is 0.148 e. The molecule has 86 valence electrons. The molecule has 0 bridgehead atoms. The molecule has 0 spiro atoms. The molecule has 1 unspecified atom stereocenters. The molecule has 0 amide bonds. The summed E-state index contributed by atoms with van der Waals surface area (Å²) in [5.74, 6) is 0. The summed E-state index contributed by atoms with van der Waals surface area (Å²) in [4.78, 5) is 0. The fourth-order valence-corrected chi connectivity index (χ4v) is 2.94. The predicted molar refractivity (Wildman–Crippen MR) is 69.9 cm³/mol. The van der Waals surface area contributed by atoms with E-state index >= 15 is 0 Å². The molecule has 2 aromatic heterocycles. The van der Waals surface area contributed by atoms with Crippen LogP contribution >= 0.6 is 22.7 Å². The Kier molecular flexibility index (Phi) is 4.04. The highest BCUT2D eigenvalue weighted by atomic mass is 32.1. The fourth-order valence-electron chi connectivity index (χ4n) is 1.36. The van der Waals surface area contributed by atoms with Gasteiger partial charge >= 0.3 is 0 Å². The van der Waals surface area contributed by atoms with E-state index in [0.29, 0.717) is 6.04 Å². The van der Waals surface area contributed by atoms with Crippen LogP contribution in [-0.4, -0.2) is 16.7 Å². The molecule has 2 rings (SSSR count). The molecule has 0 aromatic carbocycles. The van der Waals surface area contributed by atoms with Gasteiger partial charge in [0.2, 0.25) is 0 Å². The molecule has 5 heteroatoms. The summed E-state index contributed by atoms with van der Waals surface area (Å²) in [5.41, 5.74) is 1.18. The molecule has 0 aliphatic rings. The van der Waals surface area contributed by atoms with Crippen molar-refractivity contribution in [3.8, 4) is 10.6 Å². The van der Waals surface area contributed by atoms with Gasteiger partial charge in [0.1, 0.15) is 10.0 Å². The van der Waals surface area contributed by atoms with Crippen LogP contribution in [0.2, 0.25) is 0 Å². The second kappa shape index (κ2) is 5.52. The number of nitrogens with one attached hydrogen (secondary N) is 1. The monoisotopic (exact) mass is 253 g/mol. The Labute approximate surface area is 104 Å². The number of hydrogen-bond acceptors (Lipinski definition) is 5. The summed E-state index contributed by atoms with van der Waals surface area (Å²) in [6, 6.07) is 2.38. The molecule has 0 saturated heterocycles. The molecule has 1 atom stereocenters. The third-order valence-electron chi connectivity index (χ3n) is 2.28. The van der Waals surface area contributed by atoms with Crippen molar-refractivity contribution in [2.24, 2.45) is 0 Å². The Hall–Kier alpha value is -0.780. The van der Waals surface area contributed by atoms with Crippen LogP contribution in [0.3, 0.4) is 0 Å². The van der Waals surface area contributed by atoms with Crippen molar-refractivity contribution in [1.29, 1.82) is 0 Å². The molecule has 0 saturated carbocycles. The standard InChI is InChI=1S/C11H15N3S2/c1-3-5-12-8(2)10-13-14-11(16-10)9-4-6-15-7-9/h4,6-8,12H,3,5H2,1-2H3. The quantitative estimate of drug-likeness (QED) is 0.888. The van der Waals surface area contributed by atoms with Crippen LogP contribution in [-0.2, 0) is 0 Å². The zero-order chi connectivity index (χ0) is 11.4. The largest absolute Gasteiger partial charge is 0.308 e. The fraction of sp³-hybridized carbons (Fsp3) is 0.455. The van der Waals surface area contributed by atoms with Gasteiger partial charge in [0, 0.05) is 10.9 Å². The minimum atomic E-state index is 0.296. The van der Waals surface area contributed by atoms with Crippen LogP contribution in [0.25, 0.3) is 10.6 Å². The lowest BCUT2D eigenvalue weighted by Crippen LogP contribution is -2.18. The van der Waals surface area contributed by atoms with Crippen LogP contribution in [0.1, 0.15) is 31.3 Å². The van der Waals surface area contributed by atoms with Gasteiger partial charge in [0.25, 0.3) is 0 Å². The molecular formula is C11H15N3S2. The lowest BCUT2D eigenvalue weighted by atomic mass is 10.3. The van der Waals surface area contributed by atoms with Gasteiger partial charge < -0.3 is 5.32 Å². The van der Waals surface area contributed by atoms with Crippen LogP contribution < -0.4 is 5.32 Å². The molecule has 0 aliphatic carbocycles. The van der Waals surface area contributed by atoms with Crippen molar-refractivity contribution in [2.75, 3.05) is 6.54 Å². The second-order valence-corrected chi connectivity index (χ2v) is 5.42. The minimum absolute atomic E-state index is 0.296. The number of thiophene rings is 1. The van der Waals surface area contributed by atoms with E-state index in [9.17, 15) is 0 Å². The summed E-state index contributed by atoms with van der Waals surface area (Å²) >= 11 is 3.36. The highest BCUT2D eigenvalue weighted by molar-refractivity contribution is 7.15. The molecular weight excluding hydrogens is 238 g/mol. The van der Waals surface area contributed by atoms with Gasteiger partial charge in [0.05, 0.1) is 6.04 Å². The predicted octanol–water partition coefficient (Wildman–Crippen LogP) is 3.33. The third kappa shape index (κ3) is 2.66. The van der Waals surface area contributed by atoms with E-state index in [0.717, 1.165) is 23.0 Å². The molecule has 0 aliphatic heterocycles. The maximum absolute atomic E-state index is 4.24. The molecule has 1 N–H and O–H groups in total. The van der Waals surface area contributed by atoms with Crippen molar-refractivity contribution in [3.63, 3.8) is 0 Å². The topological polar surface area (TPSA) is 37.8 Å². The Balaban J connectivity index is 2.07. The van der Waals surface area contributed by atoms with Gasteiger partial charge in [-0.15, -0.1) is 10.2 Å². The summed E-state index contributed by atoms with van der Waals surface area (Å²) in [5, 5.41) is 18.1. The van der Waals surface area contributed by atoms with Crippen LogP contribution in [0, 0.1) is 0 Å². The van der Waals surface area contributed by atoms with E-state index in [1.807, 2.05) is 0 Å². The average Bonchev–Trinajstić information content (AvgIpc) is 2.94. The Morgan fingerprint density at radius 3 is 3.00 bits per heavy atom. The van der Waals surface area contributed by atoms with Crippen molar-refractivity contribution < 1.29 is 0 Å².